The molecule has 1 heterocycles. The number of thioether (sulfide) groups is 1. The lowest BCUT2D eigenvalue weighted by atomic mass is 10.0. The predicted molar refractivity (Wildman–Crippen MR) is 118 cm³/mol. The third kappa shape index (κ3) is 4.85. The number of carbonyl (C=O) groups excluding carboxylic acids is 1. The van der Waals surface area contributed by atoms with Gasteiger partial charge in [0.15, 0.2) is 0 Å². The van der Waals surface area contributed by atoms with Crippen LogP contribution in [-0.2, 0) is 27.0 Å². The van der Waals surface area contributed by atoms with Gasteiger partial charge in [-0.15, -0.1) is 11.8 Å². The molecule has 160 valence electrons. The van der Waals surface area contributed by atoms with E-state index in [1.54, 1.807) is 47.4 Å². The first-order valence-corrected chi connectivity index (χ1v) is 12.1. The van der Waals surface area contributed by atoms with Crippen molar-refractivity contribution in [3.63, 3.8) is 0 Å². The van der Waals surface area contributed by atoms with E-state index in [9.17, 15) is 18.0 Å². The van der Waals surface area contributed by atoms with Crippen LogP contribution < -0.4 is 4.90 Å². The number of anilines is 1. The van der Waals surface area contributed by atoms with Gasteiger partial charge in [0.05, 0.1) is 16.2 Å². The highest BCUT2D eigenvalue weighted by Gasteiger charge is 2.25. The van der Waals surface area contributed by atoms with Gasteiger partial charge >= 0.3 is 5.97 Å². The van der Waals surface area contributed by atoms with Crippen molar-refractivity contribution in [1.29, 1.82) is 0 Å². The second-order valence-electron chi connectivity index (χ2n) is 7.22. The fraction of sp³-hybridized carbons (Fsp3) is 0.333. The van der Waals surface area contributed by atoms with Crippen LogP contribution in [-0.4, -0.2) is 56.1 Å². The molecule has 0 spiro atoms. The molecule has 1 N–H and O–H groups in total. The van der Waals surface area contributed by atoms with Crippen molar-refractivity contribution in [2.24, 2.45) is 0 Å². The summed E-state index contributed by atoms with van der Waals surface area (Å²) in [5.74, 6) is -0.0921. The number of carbonyl (C=O) groups is 2. The lowest BCUT2D eigenvalue weighted by Crippen LogP contribution is -2.37. The van der Waals surface area contributed by atoms with Crippen LogP contribution in [0, 0.1) is 0 Å². The molecule has 0 radical (unpaired) electrons. The second-order valence-corrected chi connectivity index (χ2v) is 10.4. The number of carboxylic acid groups (broad SMARTS) is 1. The van der Waals surface area contributed by atoms with E-state index < -0.39 is 16.0 Å². The average Bonchev–Trinajstić information content (AvgIpc) is 2.73. The summed E-state index contributed by atoms with van der Waals surface area (Å²) in [7, 11) is -0.518. The minimum atomic E-state index is -3.51. The first kappa shape index (κ1) is 22.3. The van der Waals surface area contributed by atoms with Gasteiger partial charge in [0.1, 0.15) is 0 Å². The van der Waals surface area contributed by atoms with E-state index in [0.29, 0.717) is 12.3 Å². The van der Waals surface area contributed by atoms with Crippen LogP contribution in [0.5, 0.6) is 0 Å². The van der Waals surface area contributed by atoms with E-state index in [-0.39, 0.29) is 22.1 Å². The molecule has 0 bridgehead atoms. The maximum absolute atomic E-state index is 12.8. The molecule has 0 saturated heterocycles. The monoisotopic (exact) mass is 448 g/mol. The van der Waals surface area contributed by atoms with Crippen molar-refractivity contribution in [2.75, 3.05) is 31.3 Å². The minimum Gasteiger partial charge on any atom is -0.478 e. The summed E-state index contributed by atoms with van der Waals surface area (Å²) in [5.41, 5.74) is 2.83. The Hall–Kier alpha value is -2.36. The number of rotatable bonds is 7. The first-order valence-electron chi connectivity index (χ1n) is 9.46. The lowest BCUT2D eigenvalue weighted by molar-refractivity contribution is -0.116. The van der Waals surface area contributed by atoms with Gasteiger partial charge in [-0.25, -0.2) is 17.5 Å². The molecule has 2 aromatic rings. The highest BCUT2D eigenvalue weighted by molar-refractivity contribution is 7.99. The molecule has 3 rings (SSSR count). The average molecular weight is 449 g/mol. The van der Waals surface area contributed by atoms with E-state index in [4.69, 9.17) is 5.11 Å². The van der Waals surface area contributed by atoms with Gasteiger partial charge in [-0.05, 0) is 54.3 Å². The van der Waals surface area contributed by atoms with Crippen LogP contribution in [0.1, 0.15) is 27.9 Å². The quantitative estimate of drug-likeness (QED) is 0.700. The van der Waals surface area contributed by atoms with E-state index in [1.165, 1.54) is 30.2 Å². The number of amides is 1. The zero-order valence-corrected chi connectivity index (χ0v) is 18.5. The number of benzene rings is 2. The van der Waals surface area contributed by atoms with Gasteiger partial charge in [0.25, 0.3) is 0 Å². The van der Waals surface area contributed by atoms with Gasteiger partial charge < -0.3 is 10.0 Å². The molecule has 0 fully saturated rings. The van der Waals surface area contributed by atoms with Gasteiger partial charge in [-0.1, -0.05) is 12.1 Å². The number of sulfonamides is 1. The molecule has 0 aliphatic carbocycles. The topological polar surface area (TPSA) is 95.0 Å². The number of hydrogen-bond donors (Lipinski definition) is 1. The zero-order chi connectivity index (χ0) is 21.9. The summed E-state index contributed by atoms with van der Waals surface area (Å²) in [6, 6.07) is 11.6. The summed E-state index contributed by atoms with van der Waals surface area (Å²) < 4.78 is 25.9. The summed E-state index contributed by atoms with van der Waals surface area (Å²) >= 11 is 1.47. The third-order valence-electron chi connectivity index (χ3n) is 4.94. The van der Waals surface area contributed by atoms with Crippen molar-refractivity contribution in [2.45, 2.75) is 23.5 Å². The number of aromatic carboxylic acids is 1. The number of fused-ring (bicyclic) bond motifs is 1. The molecule has 9 heteroatoms. The zero-order valence-electron chi connectivity index (χ0n) is 16.9. The van der Waals surface area contributed by atoms with Crippen LogP contribution in [0.2, 0.25) is 0 Å². The van der Waals surface area contributed by atoms with Crippen molar-refractivity contribution in [1.82, 2.24) is 4.31 Å². The Morgan fingerprint density at radius 1 is 1.13 bits per heavy atom. The predicted octanol–water partition coefficient (Wildman–Crippen LogP) is 2.85. The Kier molecular flexibility index (Phi) is 6.84. The molecule has 1 aliphatic heterocycles. The molecule has 0 saturated carbocycles. The molecule has 0 unspecified atom stereocenters. The van der Waals surface area contributed by atoms with Gasteiger partial charge in [-0.2, -0.15) is 0 Å². The van der Waals surface area contributed by atoms with Crippen molar-refractivity contribution in [3.8, 4) is 0 Å². The number of hydrogen-bond acceptors (Lipinski definition) is 5. The van der Waals surface area contributed by atoms with Gasteiger partial charge in [0, 0.05) is 32.1 Å². The van der Waals surface area contributed by atoms with Gasteiger partial charge in [0.2, 0.25) is 15.9 Å². The van der Waals surface area contributed by atoms with Crippen molar-refractivity contribution in [3.05, 3.63) is 59.2 Å². The van der Waals surface area contributed by atoms with E-state index in [0.717, 1.165) is 29.7 Å². The summed E-state index contributed by atoms with van der Waals surface area (Å²) in [5, 5.41) is 8.95. The van der Waals surface area contributed by atoms with Crippen molar-refractivity contribution < 1.29 is 23.1 Å². The summed E-state index contributed by atoms with van der Waals surface area (Å²) in [6.45, 7) is 0.611. The third-order valence-corrected chi connectivity index (χ3v) is 7.74. The summed E-state index contributed by atoms with van der Waals surface area (Å²) in [6.07, 6.45) is 1.52. The Balaban J connectivity index is 1.66. The smallest absolute Gasteiger partial charge is 0.335 e. The molecule has 7 nitrogen and oxygen atoms in total. The molecule has 2 aromatic carbocycles. The molecule has 30 heavy (non-hydrogen) atoms. The van der Waals surface area contributed by atoms with Crippen LogP contribution in [0.3, 0.4) is 0 Å². The minimum absolute atomic E-state index is 0.0219. The number of nitrogens with zero attached hydrogens (tertiary/aromatic N) is 2. The Morgan fingerprint density at radius 2 is 1.83 bits per heavy atom. The highest BCUT2D eigenvalue weighted by Crippen LogP contribution is 2.30. The van der Waals surface area contributed by atoms with Crippen LogP contribution >= 0.6 is 11.8 Å². The fourth-order valence-electron chi connectivity index (χ4n) is 3.28. The molecular formula is C21H24N2O5S2. The van der Waals surface area contributed by atoms with Crippen LogP contribution in [0.4, 0.5) is 5.69 Å². The van der Waals surface area contributed by atoms with Crippen LogP contribution in [0.15, 0.2) is 47.4 Å². The maximum atomic E-state index is 12.8. The first-order chi connectivity index (χ1) is 14.2. The largest absolute Gasteiger partial charge is 0.478 e. The standard InChI is InChI=1S/C21H24N2O5S2/c1-22(2)30(27,28)18-9-10-19-17(12-18)4-3-11-23(19)20(24)14-29-13-15-5-7-16(8-6-15)21(25)26/h5-10,12H,3-4,11,13-14H2,1-2H3,(H,25,26). The number of aryl methyl sites for hydroxylation is 1. The SMILES string of the molecule is CN(C)S(=O)(=O)c1ccc2c(c1)CCCN2C(=O)CSCc1ccc(C(=O)O)cc1. The molecule has 1 amide bonds. The molecule has 1 aliphatic rings. The number of carboxylic acids is 1. The highest BCUT2D eigenvalue weighted by atomic mass is 32.2. The van der Waals surface area contributed by atoms with Crippen LogP contribution in [0.25, 0.3) is 0 Å². The second kappa shape index (κ2) is 9.20. The Morgan fingerprint density at radius 3 is 2.47 bits per heavy atom. The molecule has 0 atom stereocenters. The van der Waals surface area contributed by atoms with Crippen molar-refractivity contribution >= 4 is 39.3 Å². The van der Waals surface area contributed by atoms with E-state index in [1.807, 2.05) is 0 Å². The summed E-state index contributed by atoms with van der Waals surface area (Å²) in [4.78, 5) is 25.7. The van der Waals surface area contributed by atoms with E-state index in [2.05, 4.69) is 0 Å². The fourth-order valence-corrected chi connectivity index (χ4v) is 5.09. The Bertz CT molecular complexity index is 1050. The maximum Gasteiger partial charge on any atom is 0.335 e. The normalized spacial score (nSPS) is 13.9. The lowest BCUT2D eigenvalue weighted by Gasteiger charge is -2.30. The Labute approximate surface area is 180 Å². The van der Waals surface area contributed by atoms with E-state index >= 15 is 0 Å². The molecule has 0 aromatic heterocycles. The van der Waals surface area contributed by atoms with Gasteiger partial charge in [-0.3, -0.25) is 4.79 Å². The molecular weight excluding hydrogens is 424 g/mol.